The van der Waals surface area contributed by atoms with Gasteiger partial charge in [-0.1, -0.05) is 24.3 Å². The number of benzene rings is 2. The normalized spacial score (nSPS) is 11.9. The second kappa shape index (κ2) is 5.86. The average molecular weight is 336 g/mol. The lowest BCUT2D eigenvalue weighted by atomic mass is 9.85. The van der Waals surface area contributed by atoms with Crippen molar-refractivity contribution in [1.82, 2.24) is 4.98 Å². The number of ketones is 1. The highest BCUT2D eigenvalue weighted by atomic mass is 17.0. The van der Waals surface area contributed by atoms with Gasteiger partial charge < -0.3 is 9.57 Å². The van der Waals surface area contributed by atoms with E-state index in [-0.39, 0.29) is 19.0 Å². The largest absolute Gasteiger partial charge is 0.492 e. The van der Waals surface area contributed by atoms with E-state index in [1.165, 1.54) is 0 Å². The van der Waals surface area contributed by atoms with Crippen LogP contribution in [0.15, 0.2) is 48.7 Å². The molecule has 0 atom stereocenters. The zero-order chi connectivity index (χ0) is 17.4. The predicted molar refractivity (Wildman–Crippen MR) is 89.1 cm³/mol. The van der Waals surface area contributed by atoms with Crippen LogP contribution in [0, 0.1) is 10.1 Å². The van der Waals surface area contributed by atoms with E-state index in [9.17, 15) is 14.9 Å². The van der Waals surface area contributed by atoms with E-state index in [1.54, 1.807) is 24.4 Å². The van der Waals surface area contributed by atoms with Gasteiger partial charge in [0, 0.05) is 28.3 Å². The summed E-state index contributed by atoms with van der Waals surface area (Å²) in [5, 5.41) is 10.9. The summed E-state index contributed by atoms with van der Waals surface area (Å²) in [6.45, 7) is -0.173. The molecular weight excluding hydrogens is 324 g/mol. The molecule has 0 saturated carbocycles. The molecule has 7 heteroatoms. The van der Waals surface area contributed by atoms with Crippen molar-refractivity contribution >= 4 is 16.6 Å². The summed E-state index contributed by atoms with van der Waals surface area (Å²) in [6, 6.07) is 12.6. The predicted octanol–water partition coefficient (Wildman–Crippen LogP) is 3.03. The van der Waals surface area contributed by atoms with Gasteiger partial charge in [0.05, 0.1) is 5.69 Å². The van der Waals surface area contributed by atoms with Gasteiger partial charge in [-0.2, -0.15) is 0 Å². The molecular formula is C18H12N2O5. The van der Waals surface area contributed by atoms with Crippen molar-refractivity contribution in [2.75, 3.05) is 13.2 Å². The summed E-state index contributed by atoms with van der Waals surface area (Å²) in [5.74, 6) is 0.368. The van der Waals surface area contributed by atoms with Crippen molar-refractivity contribution in [3.8, 4) is 17.0 Å². The molecule has 0 bridgehead atoms. The number of nitrogens with zero attached hydrogens (tertiary/aromatic N) is 2. The highest BCUT2D eigenvalue weighted by molar-refractivity contribution is 6.25. The molecule has 1 heterocycles. The second-order valence-electron chi connectivity index (χ2n) is 5.51. The van der Waals surface area contributed by atoms with Crippen LogP contribution >= 0.6 is 0 Å². The first-order valence-electron chi connectivity index (χ1n) is 7.62. The number of ether oxygens (including phenoxy) is 1. The van der Waals surface area contributed by atoms with Crippen molar-refractivity contribution in [3.05, 3.63) is 69.9 Å². The lowest BCUT2D eigenvalue weighted by Gasteiger charge is -2.19. The third kappa shape index (κ3) is 2.55. The number of carbonyl (C=O) groups excluding carboxylic acids is 1. The van der Waals surface area contributed by atoms with Crippen LogP contribution in [0.25, 0.3) is 22.0 Å². The Hall–Kier alpha value is -3.48. The lowest BCUT2D eigenvalue weighted by molar-refractivity contribution is -0.757. The van der Waals surface area contributed by atoms with E-state index in [0.29, 0.717) is 16.9 Å². The Kier molecular flexibility index (Phi) is 3.53. The molecule has 0 spiro atoms. The average Bonchev–Trinajstić information content (AvgIpc) is 2.62. The molecule has 4 rings (SSSR count). The molecule has 0 N–H and O–H groups in total. The number of fused-ring (bicyclic) bond motifs is 2. The highest BCUT2D eigenvalue weighted by Crippen LogP contribution is 2.39. The quantitative estimate of drug-likeness (QED) is 0.316. The van der Waals surface area contributed by atoms with Crippen LogP contribution in [0.3, 0.4) is 0 Å². The Balaban J connectivity index is 1.77. The summed E-state index contributed by atoms with van der Waals surface area (Å²) in [7, 11) is 0. The maximum Gasteiger partial charge on any atom is 0.294 e. The van der Waals surface area contributed by atoms with E-state index in [2.05, 4.69) is 9.82 Å². The van der Waals surface area contributed by atoms with Gasteiger partial charge in [0.15, 0.2) is 5.78 Å². The highest BCUT2D eigenvalue weighted by Gasteiger charge is 2.26. The van der Waals surface area contributed by atoms with Gasteiger partial charge in [-0.25, -0.2) is 0 Å². The summed E-state index contributed by atoms with van der Waals surface area (Å²) in [4.78, 5) is 31.7. The Morgan fingerprint density at radius 3 is 2.64 bits per heavy atom. The number of aromatic nitrogens is 1. The fourth-order valence-corrected chi connectivity index (χ4v) is 3.06. The Morgan fingerprint density at radius 1 is 1.04 bits per heavy atom. The molecule has 0 fully saturated rings. The number of carbonyl (C=O) groups is 1. The molecule has 0 unspecified atom stereocenters. The molecule has 3 aromatic rings. The van der Waals surface area contributed by atoms with Crippen LogP contribution in [0.2, 0.25) is 0 Å². The molecule has 1 aliphatic carbocycles. The molecule has 124 valence electrons. The minimum atomic E-state index is -0.869. The maximum absolute atomic E-state index is 12.9. The van der Waals surface area contributed by atoms with Gasteiger partial charge in [0.25, 0.3) is 5.09 Å². The molecule has 2 aromatic carbocycles. The first kappa shape index (κ1) is 15.1. The fourth-order valence-electron chi connectivity index (χ4n) is 3.06. The molecule has 0 saturated heterocycles. The van der Waals surface area contributed by atoms with Gasteiger partial charge >= 0.3 is 0 Å². The standard InChI is InChI=1S/C18H12N2O5/c21-18-14-4-2-1-3-13(14)17-16-11(5-6-19-17)9-12(10-15(16)18)24-7-8-25-20(22)23/h1-6,9-10H,7-8H2. The van der Waals surface area contributed by atoms with Gasteiger partial charge in [0.2, 0.25) is 0 Å². The van der Waals surface area contributed by atoms with Crippen LogP contribution in [0.5, 0.6) is 5.75 Å². The van der Waals surface area contributed by atoms with Gasteiger partial charge in [-0.3, -0.25) is 9.78 Å². The zero-order valence-electron chi connectivity index (χ0n) is 13.0. The molecule has 0 amide bonds. The summed E-state index contributed by atoms with van der Waals surface area (Å²) in [5.41, 5.74) is 2.71. The molecule has 7 nitrogen and oxygen atoms in total. The third-order valence-electron chi connectivity index (χ3n) is 4.06. The number of pyridine rings is 1. The van der Waals surface area contributed by atoms with E-state index in [1.807, 2.05) is 24.3 Å². The Labute approximate surface area is 141 Å². The second-order valence-corrected chi connectivity index (χ2v) is 5.51. The number of hydrogen-bond acceptors (Lipinski definition) is 6. The SMILES string of the molecule is O=C1c2ccccc2-c2nccc3cc(OCCO[N+](=O)[O-])cc1c23. The zero-order valence-corrected chi connectivity index (χ0v) is 13.0. The topological polar surface area (TPSA) is 91.6 Å². The van der Waals surface area contributed by atoms with Crippen molar-refractivity contribution in [1.29, 1.82) is 0 Å². The maximum atomic E-state index is 12.9. The van der Waals surface area contributed by atoms with Crippen molar-refractivity contribution in [2.45, 2.75) is 0 Å². The first-order chi connectivity index (χ1) is 12.1. The molecule has 0 aliphatic heterocycles. The Bertz CT molecular complexity index is 1020. The van der Waals surface area contributed by atoms with E-state index >= 15 is 0 Å². The van der Waals surface area contributed by atoms with Crippen molar-refractivity contribution in [2.24, 2.45) is 0 Å². The van der Waals surface area contributed by atoms with Gasteiger partial charge in [0.1, 0.15) is 19.0 Å². The Morgan fingerprint density at radius 2 is 1.84 bits per heavy atom. The smallest absolute Gasteiger partial charge is 0.294 e. The van der Waals surface area contributed by atoms with Crippen molar-refractivity contribution < 1.29 is 19.5 Å². The monoisotopic (exact) mass is 336 g/mol. The summed E-state index contributed by atoms with van der Waals surface area (Å²) in [6.07, 6.45) is 1.69. The number of hydrogen-bond donors (Lipinski definition) is 0. The number of rotatable bonds is 5. The first-order valence-corrected chi connectivity index (χ1v) is 7.62. The van der Waals surface area contributed by atoms with Crippen LogP contribution in [-0.2, 0) is 4.84 Å². The van der Waals surface area contributed by atoms with Crippen LogP contribution in [-0.4, -0.2) is 29.1 Å². The molecule has 1 aliphatic rings. The minimum absolute atomic E-state index is 0.00858. The minimum Gasteiger partial charge on any atom is -0.492 e. The third-order valence-corrected chi connectivity index (χ3v) is 4.06. The fraction of sp³-hybridized carbons (Fsp3) is 0.111. The summed E-state index contributed by atoms with van der Waals surface area (Å²) < 4.78 is 5.51. The van der Waals surface area contributed by atoms with Gasteiger partial charge in [-0.05, 0) is 23.6 Å². The van der Waals surface area contributed by atoms with E-state index in [0.717, 1.165) is 22.0 Å². The lowest BCUT2D eigenvalue weighted by Crippen LogP contribution is -2.13. The molecule has 25 heavy (non-hydrogen) atoms. The molecule has 0 radical (unpaired) electrons. The van der Waals surface area contributed by atoms with Crippen molar-refractivity contribution in [3.63, 3.8) is 0 Å². The van der Waals surface area contributed by atoms with E-state index < -0.39 is 5.09 Å². The van der Waals surface area contributed by atoms with E-state index in [4.69, 9.17) is 4.74 Å². The van der Waals surface area contributed by atoms with Crippen LogP contribution in [0.1, 0.15) is 15.9 Å². The van der Waals surface area contributed by atoms with Crippen LogP contribution in [0.4, 0.5) is 0 Å². The molecule has 1 aromatic heterocycles. The van der Waals surface area contributed by atoms with Gasteiger partial charge in [-0.15, -0.1) is 10.1 Å². The summed E-state index contributed by atoms with van der Waals surface area (Å²) >= 11 is 0. The van der Waals surface area contributed by atoms with Crippen LogP contribution < -0.4 is 4.74 Å².